The number of aromatic nitrogens is 2. The van der Waals surface area contributed by atoms with Gasteiger partial charge in [-0.05, 0) is 37.6 Å². The summed E-state index contributed by atoms with van der Waals surface area (Å²) in [6.45, 7) is 3.71. The summed E-state index contributed by atoms with van der Waals surface area (Å²) in [4.78, 5) is 20.3. The van der Waals surface area contributed by atoms with Crippen LogP contribution in [0.5, 0.6) is 5.75 Å². The highest BCUT2D eigenvalue weighted by Gasteiger charge is 2.20. The zero-order valence-electron chi connectivity index (χ0n) is 18.5. The Hall–Kier alpha value is -3.79. The molecule has 0 aliphatic heterocycles. The summed E-state index contributed by atoms with van der Waals surface area (Å²) in [6.07, 6.45) is 3.59. The Balaban J connectivity index is 1.97. The fraction of sp³-hybridized carbons (Fsp3) is 0.261. The molecule has 0 spiro atoms. The molecule has 2 heterocycles. The van der Waals surface area contributed by atoms with E-state index in [1.54, 1.807) is 25.1 Å². The molecule has 2 aromatic heterocycles. The second-order valence-electron chi connectivity index (χ2n) is 7.53. The predicted molar refractivity (Wildman–Crippen MR) is 124 cm³/mol. The second-order valence-corrected chi connectivity index (χ2v) is 7.53. The molecule has 0 radical (unpaired) electrons. The van der Waals surface area contributed by atoms with Crippen LogP contribution >= 0.6 is 0 Å². The lowest BCUT2D eigenvalue weighted by Gasteiger charge is -2.22. The van der Waals surface area contributed by atoms with Gasteiger partial charge >= 0.3 is 0 Å². The molecule has 0 saturated heterocycles. The lowest BCUT2D eigenvalue weighted by Crippen LogP contribution is -2.38. The van der Waals surface area contributed by atoms with Crippen LogP contribution in [0.1, 0.15) is 30.6 Å². The lowest BCUT2D eigenvalue weighted by molar-refractivity contribution is 0.100. The number of carbonyl (C=O) groups excluding carboxylic acids is 1. The van der Waals surface area contributed by atoms with Gasteiger partial charge in [-0.3, -0.25) is 9.78 Å². The number of hydrogen-bond acceptors (Lipinski definition) is 7. The maximum atomic E-state index is 14.6. The van der Waals surface area contributed by atoms with Gasteiger partial charge in [0.2, 0.25) is 0 Å². The number of halogens is 2. The summed E-state index contributed by atoms with van der Waals surface area (Å²) in [6, 6.07) is 6.60. The van der Waals surface area contributed by atoms with Crippen molar-refractivity contribution in [3.8, 4) is 16.9 Å². The van der Waals surface area contributed by atoms with Gasteiger partial charge in [0.25, 0.3) is 5.91 Å². The van der Waals surface area contributed by atoms with Crippen LogP contribution in [0.25, 0.3) is 11.1 Å². The summed E-state index contributed by atoms with van der Waals surface area (Å²) >= 11 is 0. The molecule has 0 saturated carbocycles. The standard InChI is InChI=1S/C23H26F2N6O2/c1-4-20(12(2)26)30-23-19(25)9-17(21(27)32)22(31-23)29-14-7-13(10-28-11-14)16-6-5-15(33-3)8-18(16)24/h5-12,20H,4,26H2,1-3H3,(H2,27,32)(H2,29,30,31)/t12-,20+/m0/s1. The summed E-state index contributed by atoms with van der Waals surface area (Å²) in [5.41, 5.74) is 12.4. The minimum absolute atomic E-state index is 0.0279. The third-order valence-electron chi connectivity index (χ3n) is 5.13. The second kappa shape index (κ2) is 10.2. The van der Waals surface area contributed by atoms with Crippen molar-refractivity contribution in [1.82, 2.24) is 9.97 Å². The van der Waals surface area contributed by atoms with Crippen LogP contribution in [0.3, 0.4) is 0 Å². The Morgan fingerprint density at radius 1 is 1.15 bits per heavy atom. The summed E-state index contributed by atoms with van der Waals surface area (Å²) < 4.78 is 34.2. The van der Waals surface area contributed by atoms with Crippen LogP contribution in [0.4, 0.5) is 26.1 Å². The van der Waals surface area contributed by atoms with Gasteiger partial charge in [-0.2, -0.15) is 0 Å². The van der Waals surface area contributed by atoms with Gasteiger partial charge < -0.3 is 26.8 Å². The predicted octanol–water partition coefficient (Wildman–Crippen LogP) is 3.81. The highest BCUT2D eigenvalue weighted by molar-refractivity contribution is 5.98. The van der Waals surface area contributed by atoms with Crippen molar-refractivity contribution in [3.63, 3.8) is 0 Å². The average molecular weight is 456 g/mol. The van der Waals surface area contributed by atoms with Crippen LogP contribution in [-0.4, -0.2) is 35.1 Å². The van der Waals surface area contributed by atoms with E-state index in [2.05, 4.69) is 20.6 Å². The lowest BCUT2D eigenvalue weighted by atomic mass is 10.1. The molecule has 33 heavy (non-hydrogen) atoms. The van der Waals surface area contributed by atoms with E-state index in [1.807, 2.05) is 6.92 Å². The Kier molecular flexibility index (Phi) is 7.39. The highest BCUT2D eigenvalue weighted by Crippen LogP contribution is 2.29. The first-order valence-corrected chi connectivity index (χ1v) is 10.3. The zero-order chi connectivity index (χ0) is 24.1. The number of ether oxygens (including phenoxy) is 1. The van der Waals surface area contributed by atoms with E-state index in [0.29, 0.717) is 29.0 Å². The van der Waals surface area contributed by atoms with Crippen molar-refractivity contribution in [2.45, 2.75) is 32.4 Å². The molecular weight excluding hydrogens is 430 g/mol. The van der Waals surface area contributed by atoms with Crippen LogP contribution in [0.15, 0.2) is 42.7 Å². The molecule has 1 amide bonds. The van der Waals surface area contributed by atoms with Gasteiger partial charge in [-0.1, -0.05) is 6.92 Å². The fourth-order valence-electron chi connectivity index (χ4n) is 3.30. The number of nitrogens with zero attached hydrogens (tertiary/aromatic N) is 2. The number of carbonyl (C=O) groups is 1. The number of hydrogen-bond donors (Lipinski definition) is 4. The Bertz CT molecular complexity index is 1160. The maximum absolute atomic E-state index is 14.6. The molecule has 6 N–H and O–H groups in total. The molecule has 0 aliphatic rings. The van der Waals surface area contributed by atoms with E-state index in [9.17, 15) is 13.6 Å². The number of nitrogens with one attached hydrogen (secondary N) is 2. The average Bonchev–Trinajstić information content (AvgIpc) is 2.78. The summed E-state index contributed by atoms with van der Waals surface area (Å²) in [5.74, 6) is -1.74. The number of amides is 1. The summed E-state index contributed by atoms with van der Waals surface area (Å²) in [7, 11) is 1.45. The number of benzene rings is 1. The smallest absolute Gasteiger partial charge is 0.252 e. The Morgan fingerprint density at radius 2 is 1.91 bits per heavy atom. The molecule has 174 valence electrons. The number of rotatable bonds is 9. The minimum atomic E-state index is -0.861. The first kappa shape index (κ1) is 23.9. The largest absolute Gasteiger partial charge is 0.497 e. The van der Waals surface area contributed by atoms with E-state index in [0.717, 1.165) is 6.07 Å². The Labute approximate surface area is 190 Å². The van der Waals surface area contributed by atoms with Crippen molar-refractivity contribution in [3.05, 3.63) is 59.9 Å². The van der Waals surface area contributed by atoms with Crippen LogP contribution in [0, 0.1) is 11.6 Å². The van der Waals surface area contributed by atoms with Crippen LogP contribution in [-0.2, 0) is 0 Å². The van der Waals surface area contributed by atoms with E-state index in [-0.39, 0.29) is 29.3 Å². The number of methoxy groups -OCH3 is 1. The van der Waals surface area contributed by atoms with E-state index >= 15 is 0 Å². The van der Waals surface area contributed by atoms with Crippen LogP contribution in [0.2, 0.25) is 0 Å². The molecule has 10 heteroatoms. The van der Waals surface area contributed by atoms with Crippen molar-refractivity contribution >= 4 is 23.2 Å². The number of anilines is 3. The van der Waals surface area contributed by atoms with Crippen LogP contribution < -0.4 is 26.8 Å². The highest BCUT2D eigenvalue weighted by atomic mass is 19.1. The molecule has 0 fully saturated rings. The molecule has 3 rings (SSSR count). The van der Waals surface area contributed by atoms with Gasteiger partial charge in [0.1, 0.15) is 17.4 Å². The molecule has 8 nitrogen and oxygen atoms in total. The number of primary amides is 1. The monoisotopic (exact) mass is 456 g/mol. The topological polar surface area (TPSA) is 128 Å². The van der Waals surface area contributed by atoms with E-state index in [1.165, 1.54) is 25.6 Å². The van der Waals surface area contributed by atoms with Gasteiger partial charge in [-0.25, -0.2) is 13.8 Å². The molecule has 3 aromatic rings. The van der Waals surface area contributed by atoms with Crippen molar-refractivity contribution in [2.24, 2.45) is 11.5 Å². The van der Waals surface area contributed by atoms with Gasteiger partial charge in [0.15, 0.2) is 11.6 Å². The van der Waals surface area contributed by atoms with Crippen molar-refractivity contribution in [2.75, 3.05) is 17.7 Å². The third kappa shape index (κ3) is 5.53. The number of nitrogens with two attached hydrogens (primary N) is 2. The zero-order valence-corrected chi connectivity index (χ0v) is 18.5. The Morgan fingerprint density at radius 3 is 2.52 bits per heavy atom. The van der Waals surface area contributed by atoms with Crippen molar-refractivity contribution in [1.29, 1.82) is 0 Å². The SMILES string of the molecule is CC[C@@H](Nc1nc(Nc2cncc(-c3ccc(OC)cc3F)c2)c(C(N)=O)cc1F)[C@H](C)N. The molecule has 2 atom stereocenters. The molecule has 1 aromatic carbocycles. The third-order valence-corrected chi connectivity index (χ3v) is 5.13. The van der Waals surface area contributed by atoms with E-state index in [4.69, 9.17) is 16.2 Å². The first-order valence-electron chi connectivity index (χ1n) is 10.3. The molecule has 0 aliphatic carbocycles. The number of pyridine rings is 2. The van der Waals surface area contributed by atoms with E-state index < -0.39 is 17.5 Å². The maximum Gasteiger partial charge on any atom is 0.252 e. The first-order chi connectivity index (χ1) is 15.7. The van der Waals surface area contributed by atoms with Gasteiger partial charge in [0, 0.05) is 35.5 Å². The fourth-order valence-corrected chi connectivity index (χ4v) is 3.30. The minimum Gasteiger partial charge on any atom is -0.497 e. The summed E-state index contributed by atoms with van der Waals surface area (Å²) in [5, 5.41) is 5.90. The normalized spacial score (nSPS) is 12.7. The van der Waals surface area contributed by atoms with Gasteiger partial charge in [-0.15, -0.1) is 0 Å². The van der Waals surface area contributed by atoms with Crippen molar-refractivity contribution < 1.29 is 18.3 Å². The van der Waals surface area contributed by atoms with Gasteiger partial charge in [0.05, 0.1) is 24.6 Å². The quantitative estimate of drug-likeness (QED) is 0.385. The molecular formula is C23H26F2N6O2. The molecule has 0 bridgehead atoms. The molecule has 0 unspecified atom stereocenters.